The van der Waals surface area contributed by atoms with Gasteiger partial charge in [-0.05, 0) is 38.0 Å². The Labute approximate surface area is 192 Å². The van der Waals surface area contributed by atoms with E-state index in [0.29, 0.717) is 18.7 Å². The number of nitrogens with one attached hydrogen (secondary N) is 1. The van der Waals surface area contributed by atoms with Crippen LogP contribution in [0.25, 0.3) is 10.6 Å². The van der Waals surface area contributed by atoms with E-state index in [9.17, 15) is 4.79 Å². The lowest BCUT2D eigenvalue weighted by molar-refractivity contribution is 0.0950. The van der Waals surface area contributed by atoms with E-state index in [0.717, 1.165) is 38.8 Å². The maximum atomic E-state index is 12.9. The Bertz CT molecular complexity index is 1210. The van der Waals surface area contributed by atoms with Crippen LogP contribution in [-0.2, 0) is 13.1 Å². The van der Waals surface area contributed by atoms with Gasteiger partial charge in [0.1, 0.15) is 5.01 Å². The van der Waals surface area contributed by atoms with Crippen molar-refractivity contribution in [2.24, 2.45) is 5.73 Å². The van der Waals surface area contributed by atoms with Crippen molar-refractivity contribution in [1.29, 1.82) is 0 Å². The summed E-state index contributed by atoms with van der Waals surface area (Å²) in [6.07, 6.45) is 0. The summed E-state index contributed by atoms with van der Waals surface area (Å²) in [7, 11) is 0. The van der Waals surface area contributed by atoms with Crippen molar-refractivity contribution < 1.29 is 4.79 Å². The number of hydrogen-bond acceptors (Lipinski definition) is 4. The van der Waals surface area contributed by atoms with Crippen molar-refractivity contribution in [3.63, 3.8) is 0 Å². The Balaban J connectivity index is 1.44. The average molecular weight is 445 g/mol. The minimum Gasteiger partial charge on any atom is -0.348 e. The average Bonchev–Trinajstić information content (AvgIpc) is 3.38. The number of hydrogen-bond donors (Lipinski definition) is 2. The highest BCUT2D eigenvalue weighted by molar-refractivity contribution is 7.13. The summed E-state index contributed by atoms with van der Waals surface area (Å²) in [6.45, 7) is 7.10. The van der Waals surface area contributed by atoms with Crippen LogP contribution in [0.5, 0.6) is 0 Å². The quantitative estimate of drug-likeness (QED) is 0.410. The Hall–Kier alpha value is -3.22. The summed E-state index contributed by atoms with van der Waals surface area (Å²) in [5.74, 6) is -0.0659. The molecule has 4 aromatic rings. The topological polar surface area (TPSA) is 72.9 Å². The van der Waals surface area contributed by atoms with Crippen LogP contribution in [0, 0.1) is 13.8 Å². The van der Waals surface area contributed by atoms with Crippen molar-refractivity contribution in [3.8, 4) is 10.6 Å². The molecule has 0 unspecified atom stereocenters. The van der Waals surface area contributed by atoms with Crippen molar-refractivity contribution in [2.45, 2.75) is 39.9 Å². The third-order valence-corrected chi connectivity index (χ3v) is 6.61. The summed E-state index contributed by atoms with van der Waals surface area (Å²) in [4.78, 5) is 17.7. The van der Waals surface area contributed by atoms with Crippen LogP contribution in [0.3, 0.4) is 0 Å². The van der Waals surface area contributed by atoms with Crippen molar-refractivity contribution >= 4 is 17.2 Å². The van der Waals surface area contributed by atoms with Gasteiger partial charge in [-0.3, -0.25) is 4.79 Å². The fourth-order valence-electron chi connectivity index (χ4n) is 3.75. The molecule has 1 amide bonds. The fraction of sp³-hybridized carbons (Fsp3) is 0.231. The standard InChI is InChI=1S/C26H28N4OS/c1-17-13-24(25(31)28-14-20-9-11-21(12-10-20)18(2)27)19(3)30(17)15-23-16-32-26(29-23)22-7-5-4-6-8-22/h4-13,16,18H,14-15,27H2,1-3H3,(H,28,31)/t18-/m0/s1. The van der Waals surface area contributed by atoms with E-state index in [1.165, 1.54) is 0 Å². The first-order valence-electron chi connectivity index (χ1n) is 10.7. The zero-order valence-corrected chi connectivity index (χ0v) is 19.4. The zero-order chi connectivity index (χ0) is 22.7. The van der Waals surface area contributed by atoms with E-state index in [1.807, 2.05) is 69.3 Å². The van der Waals surface area contributed by atoms with Gasteiger partial charge >= 0.3 is 0 Å². The summed E-state index contributed by atoms with van der Waals surface area (Å²) in [5, 5.41) is 6.14. The summed E-state index contributed by atoms with van der Waals surface area (Å²) >= 11 is 1.64. The van der Waals surface area contributed by atoms with E-state index >= 15 is 0 Å². The van der Waals surface area contributed by atoms with Gasteiger partial charge in [-0.1, -0.05) is 54.6 Å². The number of nitrogens with two attached hydrogens (primary N) is 1. The van der Waals surface area contributed by atoms with E-state index in [1.54, 1.807) is 11.3 Å². The molecule has 0 aliphatic rings. The number of benzene rings is 2. The number of nitrogens with zero attached hydrogens (tertiary/aromatic N) is 2. The lowest BCUT2D eigenvalue weighted by atomic mass is 10.1. The molecule has 0 bridgehead atoms. The van der Waals surface area contributed by atoms with Gasteiger partial charge < -0.3 is 15.6 Å². The Morgan fingerprint density at radius 2 is 1.84 bits per heavy atom. The number of carbonyl (C=O) groups excluding carboxylic acids is 1. The van der Waals surface area contributed by atoms with Gasteiger partial charge in [-0.15, -0.1) is 11.3 Å². The normalized spacial score (nSPS) is 12.0. The SMILES string of the molecule is Cc1cc(C(=O)NCc2ccc([C@H](C)N)cc2)c(C)n1Cc1csc(-c2ccccc2)n1. The van der Waals surface area contributed by atoms with Crippen LogP contribution in [0.15, 0.2) is 66.0 Å². The second kappa shape index (κ2) is 9.51. The van der Waals surface area contributed by atoms with Crippen LogP contribution in [0.1, 0.15) is 51.5 Å². The molecule has 0 fully saturated rings. The molecule has 0 saturated carbocycles. The maximum Gasteiger partial charge on any atom is 0.253 e. The molecule has 6 heteroatoms. The molecule has 0 aliphatic heterocycles. The van der Waals surface area contributed by atoms with E-state index in [2.05, 4.69) is 27.4 Å². The van der Waals surface area contributed by atoms with Crippen molar-refractivity contribution in [3.05, 3.63) is 99.8 Å². The van der Waals surface area contributed by atoms with Gasteiger partial charge in [-0.2, -0.15) is 0 Å². The van der Waals surface area contributed by atoms with Gasteiger partial charge in [0, 0.05) is 34.9 Å². The molecule has 2 heterocycles. The number of amides is 1. The van der Waals surface area contributed by atoms with Gasteiger partial charge in [-0.25, -0.2) is 4.98 Å². The number of aromatic nitrogens is 2. The second-order valence-corrected chi connectivity index (χ2v) is 8.95. The Morgan fingerprint density at radius 3 is 2.53 bits per heavy atom. The van der Waals surface area contributed by atoms with E-state index in [-0.39, 0.29) is 11.9 Å². The number of rotatable bonds is 7. The largest absolute Gasteiger partial charge is 0.348 e. The van der Waals surface area contributed by atoms with Gasteiger partial charge in [0.25, 0.3) is 5.91 Å². The van der Waals surface area contributed by atoms with Gasteiger partial charge in [0.05, 0.1) is 17.8 Å². The predicted octanol–water partition coefficient (Wildman–Crippen LogP) is 5.23. The molecule has 2 aromatic heterocycles. The molecule has 0 aliphatic carbocycles. The van der Waals surface area contributed by atoms with Crippen LogP contribution in [0.2, 0.25) is 0 Å². The maximum absolute atomic E-state index is 12.9. The molecule has 4 rings (SSSR count). The zero-order valence-electron chi connectivity index (χ0n) is 18.6. The molecule has 2 aromatic carbocycles. The molecule has 0 saturated heterocycles. The monoisotopic (exact) mass is 444 g/mol. The Kier molecular flexibility index (Phi) is 6.53. The van der Waals surface area contributed by atoms with Crippen LogP contribution in [-0.4, -0.2) is 15.5 Å². The predicted molar refractivity (Wildman–Crippen MR) is 131 cm³/mol. The smallest absolute Gasteiger partial charge is 0.253 e. The van der Waals surface area contributed by atoms with Crippen LogP contribution >= 0.6 is 11.3 Å². The van der Waals surface area contributed by atoms with Gasteiger partial charge in [0.2, 0.25) is 0 Å². The first-order chi connectivity index (χ1) is 15.4. The molecule has 1 atom stereocenters. The minimum absolute atomic E-state index is 0.00511. The Morgan fingerprint density at radius 1 is 1.12 bits per heavy atom. The molecule has 32 heavy (non-hydrogen) atoms. The van der Waals surface area contributed by atoms with Crippen molar-refractivity contribution in [2.75, 3.05) is 0 Å². The third-order valence-electron chi connectivity index (χ3n) is 5.67. The molecule has 3 N–H and O–H groups in total. The van der Waals surface area contributed by atoms with Crippen molar-refractivity contribution in [1.82, 2.24) is 14.9 Å². The second-order valence-electron chi connectivity index (χ2n) is 8.09. The summed E-state index contributed by atoms with van der Waals surface area (Å²) in [6, 6.07) is 20.2. The number of aryl methyl sites for hydroxylation is 1. The van der Waals surface area contributed by atoms with E-state index < -0.39 is 0 Å². The highest BCUT2D eigenvalue weighted by Crippen LogP contribution is 2.25. The van der Waals surface area contributed by atoms with Gasteiger partial charge in [0.15, 0.2) is 0 Å². The molecule has 5 nitrogen and oxygen atoms in total. The molecule has 0 radical (unpaired) electrons. The summed E-state index contributed by atoms with van der Waals surface area (Å²) in [5.41, 5.74) is 12.9. The first-order valence-corrected chi connectivity index (χ1v) is 11.6. The number of carbonyl (C=O) groups is 1. The summed E-state index contributed by atoms with van der Waals surface area (Å²) < 4.78 is 2.15. The highest BCUT2D eigenvalue weighted by Gasteiger charge is 2.17. The van der Waals surface area contributed by atoms with E-state index in [4.69, 9.17) is 10.7 Å². The first kappa shape index (κ1) is 22.0. The molecular weight excluding hydrogens is 416 g/mol. The lowest BCUT2D eigenvalue weighted by Gasteiger charge is -2.10. The molecule has 164 valence electrons. The van der Waals surface area contributed by atoms with Crippen LogP contribution < -0.4 is 11.1 Å². The molecular formula is C26H28N4OS. The third kappa shape index (κ3) is 4.82. The van der Waals surface area contributed by atoms with Crippen LogP contribution in [0.4, 0.5) is 0 Å². The fourth-order valence-corrected chi connectivity index (χ4v) is 4.56. The molecule has 0 spiro atoms. The highest BCUT2D eigenvalue weighted by atomic mass is 32.1. The lowest BCUT2D eigenvalue weighted by Crippen LogP contribution is -2.23. The number of thiazole rings is 1. The minimum atomic E-state index is -0.0659.